The zero-order valence-corrected chi connectivity index (χ0v) is 12.2. The average molecular weight is 320 g/mol. The van der Waals surface area contributed by atoms with E-state index in [1.54, 1.807) is 13.0 Å². The van der Waals surface area contributed by atoms with Crippen molar-refractivity contribution in [2.24, 2.45) is 0 Å². The number of hydrogen-bond acceptors (Lipinski definition) is 4. The van der Waals surface area contributed by atoms with E-state index in [1.807, 2.05) is 0 Å². The molecule has 0 radical (unpaired) electrons. The lowest BCUT2D eigenvalue weighted by Gasteiger charge is -2.22. The lowest BCUT2D eigenvalue weighted by atomic mass is 10.2. The summed E-state index contributed by atoms with van der Waals surface area (Å²) in [6.45, 7) is 1.32. The molecule has 2 N–H and O–H groups in total. The van der Waals surface area contributed by atoms with Crippen molar-refractivity contribution in [3.8, 4) is 0 Å². The second-order valence-electron chi connectivity index (χ2n) is 4.68. The second-order valence-corrected chi connectivity index (χ2v) is 6.95. The summed E-state index contributed by atoms with van der Waals surface area (Å²) in [7, 11) is -4.01. The van der Waals surface area contributed by atoms with Crippen LogP contribution in [0, 0.1) is 6.92 Å². The number of carbonyl (C=O) groups is 1. The maximum atomic E-state index is 12.6. The largest absolute Gasteiger partial charge is 0.480 e. The van der Waals surface area contributed by atoms with Crippen LogP contribution in [-0.4, -0.2) is 47.6 Å². The number of halogens is 1. The van der Waals surface area contributed by atoms with Crippen molar-refractivity contribution >= 4 is 27.6 Å². The van der Waals surface area contributed by atoms with Crippen LogP contribution in [-0.2, 0) is 14.8 Å². The van der Waals surface area contributed by atoms with Gasteiger partial charge in [-0.1, -0.05) is 17.7 Å². The van der Waals surface area contributed by atoms with Crippen molar-refractivity contribution in [1.82, 2.24) is 4.31 Å². The third-order valence-electron chi connectivity index (χ3n) is 3.32. The highest BCUT2D eigenvalue weighted by Crippen LogP contribution is 2.30. The molecule has 2 atom stereocenters. The van der Waals surface area contributed by atoms with Gasteiger partial charge in [0, 0.05) is 18.0 Å². The Hall–Kier alpha value is -1.15. The molecule has 0 bridgehead atoms. The summed E-state index contributed by atoms with van der Waals surface area (Å²) in [5.74, 6) is -1.27. The van der Waals surface area contributed by atoms with E-state index < -0.39 is 28.1 Å². The van der Waals surface area contributed by atoms with Gasteiger partial charge >= 0.3 is 5.97 Å². The SMILES string of the molecule is Cc1c(Cl)cccc1S(=O)(=O)N1C[C@@H](O)C[C@H]1C(=O)O. The fourth-order valence-electron chi connectivity index (χ4n) is 2.27. The van der Waals surface area contributed by atoms with Gasteiger partial charge in [-0.25, -0.2) is 8.42 Å². The van der Waals surface area contributed by atoms with Gasteiger partial charge < -0.3 is 10.2 Å². The number of benzene rings is 1. The summed E-state index contributed by atoms with van der Waals surface area (Å²) in [5, 5.41) is 18.9. The Labute approximate surface area is 121 Å². The zero-order chi connectivity index (χ0) is 15.1. The molecule has 1 aromatic rings. The number of carboxylic acid groups (broad SMARTS) is 1. The molecule has 0 unspecified atom stereocenters. The standard InChI is InChI=1S/C12H14ClNO5S/c1-7-9(13)3-2-4-11(7)20(18,19)14-6-8(15)5-10(14)12(16)17/h2-4,8,10,15H,5-6H2,1H3,(H,16,17)/t8-,10-/m0/s1. The van der Waals surface area contributed by atoms with E-state index in [2.05, 4.69) is 0 Å². The topological polar surface area (TPSA) is 94.9 Å². The van der Waals surface area contributed by atoms with Gasteiger partial charge in [0.15, 0.2) is 0 Å². The van der Waals surface area contributed by atoms with E-state index in [-0.39, 0.29) is 22.9 Å². The smallest absolute Gasteiger partial charge is 0.322 e. The Bertz CT molecular complexity index is 645. The monoisotopic (exact) mass is 319 g/mol. The molecule has 0 saturated carbocycles. The van der Waals surface area contributed by atoms with Crippen molar-refractivity contribution < 1.29 is 23.4 Å². The molecule has 6 nitrogen and oxygen atoms in total. The third-order valence-corrected chi connectivity index (χ3v) is 5.75. The summed E-state index contributed by atoms with van der Waals surface area (Å²) >= 11 is 5.91. The second kappa shape index (κ2) is 5.33. The molecule has 0 aromatic heterocycles. The number of β-amino-alcohol motifs (C(OH)–C–C–N with tert-alkyl or cyclic N) is 1. The minimum atomic E-state index is -4.01. The lowest BCUT2D eigenvalue weighted by molar-refractivity contribution is -0.140. The first kappa shape index (κ1) is 15.2. The van der Waals surface area contributed by atoms with Gasteiger partial charge in [0.05, 0.1) is 11.0 Å². The summed E-state index contributed by atoms with van der Waals surface area (Å²) in [5.41, 5.74) is 0.361. The number of aliphatic carboxylic acids is 1. The van der Waals surface area contributed by atoms with Crippen LogP contribution in [0.1, 0.15) is 12.0 Å². The van der Waals surface area contributed by atoms with Crippen molar-refractivity contribution in [3.05, 3.63) is 28.8 Å². The Morgan fingerprint density at radius 3 is 2.70 bits per heavy atom. The highest BCUT2D eigenvalue weighted by Gasteiger charge is 2.44. The van der Waals surface area contributed by atoms with Crippen molar-refractivity contribution in [2.75, 3.05) is 6.54 Å². The van der Waals surface area contributed by atoms with E-state index in [0.29, 0.717) is 5.56 Å². The van der Waals surface area contributed by atoms with Gasteiger partial charge in [-0.2, -0.15) is 4.31 Å². The average Bonchev–Trinajstić information content (AvgIpc) is 2.75. The number of hydrogen-bond donors (Lipinski definition) is 2. The first-order valence-corrected chi connectivity index (χ1v) is 7.74. The van der Waals surface area contributed by atoms with Crippen molar-refractivity contribution in [1.29, 1.82) is 0 Å². The van der Waals surface area contributed by atoms with Crippen LogP contribution in [0.4, 0.5) is 0 Å². The van der Waals surface area contributed by atoms with Crippen molar-refractivity contribution in [2.45, 2.75) is 30.4 Å². The minimum Gasteiger partial charge on any atom is -0.480 e. The van der Waals surface area contributed by atoms with Crippen LogP contribution >= 0.6 is 11.6 Å². The normalized spacial score (nSPS) is 23.9. The fraction of sp³-hybridized carbons (Fsp3) is 0.417. The van der Waals surface area contributed by atoms with Gasteiger partial charge in [-0.3, -0.25) is 4.79 Å². The molecule has 1 aliphatic heterocycles. The molecule has 1 aliphatic rings. The Kier molecular flexibility index (Phi) is 4.06. The number of carboxylic acids is 1. The van der Waals surface area contributed by atoms with Crippen LogP contribution in [0.2, 0.25) is 5.02 Å². The third kappa shape index (κ3) is 2.54. The Balaban J connectivity index is 2.49. The summed E-state index contributed by atoms with van der Waals surface area (Å²) in [6, 6.07) is 3.17. The summed E-state index contributed by atoms with van der Waals surface area (Å²) < 4.78 is 25.9. The number of aliphatic hydroxyl groups is 1. The van der Waals surface area contributed by atoms with Gasteiger partial charge in [-0.15, -0.1) is 0 Å². The molecule has 1 aromatic carbocycles. The quantitative estimate of drug-likeness (QED) is 0.861. The van der Waals surface area contributed by atoms with Gasteiger partial charge in [0.25, 0.3) is 0 Å². The highest BCUT2D eigenvalue weighted by atomic mass is 35.5. The van der Waals surface area contributed by atoms with Crippen LogP contribution in [0.3, 0.4) is 0 Å². The first-order valence-electron chi connectivity index (χ1n) is 5.93. The summed E-state index contributed by atoms with van der Waals surface area (Å²) in [4.78, 5) is 11.1. The number of aliphatic hydroxyl groups excluding tert-OH is 1. The number of sulfonamides is 1. The maximum Gasteiger partial charge on any atom is 0.322 e. The molecule has 110 valence electrons. The van der Waals surface area contributed by atoms with Crippen LogP contribution < -0.4 is 0 Å². The molecule has 1 saturated heterocycles. The maximum absolute atomic E-state index is 12.6. The molecular weight excluding hydrogens is 306 g/mol. The van der Waals surface area contributed by atoms with E-state index in [1.165, 1.54) is 12.1 Å². The molecular formula is C12H14ClNO5S. The molecule has 0 aliphatic carbocycles. The highest BCUT2D eigenvalue weighted by molar-refractivity contribution is 7.89. The fourth-order valence-corrected chi connectivity index (χ4v) is 4.38. The molecule has 1 fully saturated rings. The van der Waals surface area contributed by atoms with Crippen molar-refractivity contribution in [3.63, 3.8) is 0 Å². The van der Waals surface area contributed by atoms with Gasteiger partial charge in [-0.05, 0) is 24.6 Å². The predicted molar refractivity (Wildman–Crippen MR) is 72.1 cm³/mol. The molecule has 0 spiro atoms. The molecule has 0 amide bonds. The van der Waals surface area contributed by atoms with Crippen LogP contribution in [0.25, 0.3) is 0 Å². The zero-order valence-electron chi connectivity index (χ0n) is 10.7. The number of rotatable bonds is 3. The van der Waals surface area contributed by atoms with E-state index >= 15 is 0 Å². The van der Waals surface area contributed by atoms with Crippen LogP contribution in [0.15, 0.2) is 23.1 Å². The minimum absolute atomic E-state index is 0.0367. The lowest BCUT2D eigenvalue weighted by Crippen LogP contribution is -2.40. The molecule has 1 heterocycles. The van der Waals surface area contributed by atoms with E-state index in [9.17, 15) is 18.3 Å². The predicted octanol–water partition coefficient (Wildman–Crippen LogP) is 0.857. The van der Waals surface area contributed by atoms with E-state index in [0.717, 1.165) is 4.31 Å². The Morgan fingerprint density at radius 2 is 2.10 bits per heavy atom. The first-order chi connectivity index (χ1) is 9.25. The molecule has 20 heavy (non-hydrogen) atoms. The van der Waals surface area contributed by atoms with E-state index in [4.69, 9.17) is 16.7 Å². The van der Waals surface area contributed by atoms with Gasteiger partial charge in [0.2, 0.25) is 10.0 Å². The van der Waals surface area contributed by atoms with Gasteiger partial charge in [0.1, 0.15) is 6.04 Å². The summed E-state index contributed by atoms with van der Waals surface area (Å²) in [6.07, 6.45) is -1.10. The number of nitrogens with zero attached hydrogens (tertiary/aromatic N) is 1. The molecule has 2 rings (SSSR count). The molecule has 8 heteroatoms. The Morgan fingerprint density at radius 1 is 1.45 bits per heavy atom. The van der Waals surface area contributed by atoms with Crippen LogP contribution in [0.5, 0.6) is 0 Å².